The van der Waals surface area contributed by atoms with E-state index < -0.39 is 5.41 Å². The topological polar surface area (TPSA) is 16.4 Å². The molecule has 244 valence electrons. The molecule has 2 heterocycles. The van der Waals surface area contributed by atoms with Gasteiger partial charge in [-0.2, -0.15) is 0 Å². The smallest absolute Gasteiger partial charge is 0.142 e. The van der Waals surface area contributed by atoms with E-state index in [0.717, 1.165) is 44.6 Å². The van der Waals surface area contributed by atoms with Crippen molar-refractivity contribution in [3.8, 4) is 11.1 Å². The second-order valence-corrected chi connectivity index (χ2v) is 14.6. The molecule has 0 unspecified atom stereocenters. The highest BCUT2D eigenvalue weighted by molar-refractivity contribution is 7.26. The summed E-state index contributed by atoms with van der Waals surface area (Å²) in [7, 11) is 0. The summed E-state index contributed by atoms with van der Waals surface area (Å²) < 4.78 is 9.70. The van der Waals surface area contributed by atoms with Gasteiger partial charge in [-0.05, 0) is 76.3 Å². The van der Waals surface area contributed by atoms with Gasteiger partial charge in [-0.25, -0.2) is 0 Å². The van der Waals surface area contributed by atoms with Crippen LogP contribution >= 0.6 is 11.3 Å². The van der Waals surface area contributed by atoms with Crippen molar-refractivity contribution in [2.45, 2.75) is 5.41 Å². The van der Waals surface area contributed by atoms with Gasteiger partial charge in [0.05, 0.1) is 16.8 Å². The lowest BCUT2D eigenvalue weighted by Crippen LogP contribution is -2.31. The third kappa shape index (κ3) is 4.00. The highest BCUT2D eigenvalue weighted by Crippen LogP contribution is 2.61. The summed E-state index contributed by atoms with van der Waals surface area (Å²) >= 11 is 1.85. The zero-order valence-electron chi connectivity index (χ0n) is 28.2. The van der Waals surface area contributed by atoms with Gasteiger partial charge in [0.25, 0.3) is 0 Å². The average molecular weight is 682 g/mol. The molecule has 1 aliphatic carbocycles. The molecule has 1 aliphatic rings. The van der Waals surface area contributed by atoms with Crippen molar-refractivity contribution in [2.75, 3.05) is 4.90 Å². The van der Waals surface area contributed by atoms with Crippen LogP contribution in [0, 0.1) is 0 Å². The normalized spacial score (nSPS) is 13.2. The number of benzene rings is 8. The zero-order valence-corrected chi connectivity index (χ0v) is 29.0. The van der Waals surface area contributed by atoms with E-state index in [1.807, 2.05) is 11.3 Å². The van der Waals surface area contributed by atoms with Gasteiger partial charge in [-0.1, -0.05) is 140 Å². The predicted octanol–water partition coefficient (Wildman–Crippen LogP) is 13.8. The van der Waals surface area contributed by atoms with Crippen LogP contribution in [0.2, 0.25) is 0 Å². The summed E-state index contributed by atoms with van der Waals surface area (Å²) in [5.41, 5.74) is 11.7. The molecule has 3 heteroatoms. The minimum atomic E-state index is -0.700. The second-order valence-electron chi connectivity index (χ2n) is 13.6. The fraction of sp³-hybridized carbons (Fsp3) is 0.0204. The number of hydrogen-bond acceptors (Lipinski definition) is 3. The molecule has 0 N–H and O–H groups in total. The van der Waals surface area contributed by atoms with Crippen LogP contribution in [0.1, 0.15) is 22.3 Å². The van der Waals surface area contributed by atoms with E-state index in [2.05, 4.69) is 193 Å². The number of nitrogens with zero attached hydrogens (tertiary/aromatic N) is 1. The molecule has 10 aromatic rings. The van der Waals surface area contributed by atoms with Gasteiger partial charge in [-0.15, -0.1) is 11.3 Å². The highest BCUT2D eigenvalue weighted by Gasteiger charge is 2.49. The molecular weight excluding hydrogens is 651 g/mol. The number of furan rings is 1. The minimum Gasteiger partial charge on any atom is -0.456 e. The summed E-state index contributed by atoms with van der Waals surface area (Å²) in [4.78, 5) is 2.48. The van der Waals surface area contributed by atoms with E-state index >= 15 is 0 Å². The molecule has 0 amide bonds. The third-order valence-electron chi connectivity index (χ3n) is 10.9. The maximum atomic E-state index is 7.15. The standard InChI is InChI=1S/C49H31NOS/c1-3-16-32(17-4-1)49(39-24-11-7-20-34(39)35-21-8-12-25-40(35)49)47-42(31-30-37-36-22-9-13-27-43(36)51-48(37)47)50(33-18-5-2-6-19-33)41-26-15-29-45-46(41)38-23-10-14-28-44(38)52-45/h1-31H. The maximum absolute atomic E-state index is 7.15. The van der Waals surface area contributed by atoms with E-state index in [0.29, 0.717) is 0 Å². The number of fused-ring (bicyclic) bond motifs is 9. The molecule has 11 rings (SSSR count). The number of para-hydroxylation sites is 2. The van der Waals surface area contributed by atoms with Gasteiger partial charge in [0, 0.05) is 42.2 Å². The molecular formula is C49H31NOS. The Morgan fingerprint density at radius 3 is 1.83 bits per heavy atom. The quantitative estimate of drug-likeness (QED) is 0.180. The van der Waals surface area contributed by atoms with Gasteiger partial charge in [0.15, 0.2) is 0 Å². The van der Waals surface area contributed by atoms with E-state index in [1.54, 1.807) is 0 Å². The highest BCUT2D eigenvalue weighted by atomic mass is 32.1. The van der Waals surface area contributed by atoms with Crippen molar-refractivity contribution < 1.29 is 4.42 Å². The van der Waals surface area contributed by atoms with Crippen LogP contribution in [0.3, 0.4) is 0 Å². The van der Waals surface area contributed by atoms with E-state index in [4.69, 9.17) is 4.42 Å². The van der Waals surface area contributed by atoms with Gasteiger partial charge >= 0.3 is 0 Å². The second kappa shape index (κ2) is 11.3. The number of hydrogen-bond donors (Lipinski definition) is 0. The van der Waals surface area contributed by atoms with E-state index in [-0.39, 0.29) is 0 Å². The average Bonchev–Trinajstić information content (AvgIpc) is 3.88. The first-order valence-electron chi connectivity index (χ1n) is 17.8. The van der Waals surface area contributed by atoms with Gasteiger partial charge in [0.2, 0.25) is 0 Å². The Hall–Kier alpha value is -6.42. The number of anilines is 3. The third-order valence-corrected chi connectivity index (χ3v) is 12.1. The molecule has 8 aromatic carbocycles. The van der Waals surface area contributed by atoms with Crippen LogP contribution in [0.25, 0.3) is 53.2 Å². The Balaban J connectivity index is 1.37. The summed E-state index contributed by atoms with van der Waals surface area (Å²) in [5.74, 6) is 0. The molecule has 0 spiro atoms. The Morgan fingerprint density at radius 2 is 1.06 bits per heavy atom. The molecule has 0 saturated carbocycles. The molecule has 2 nitrogen and oxygen atoms in total. The maximum Gasteiger partial charge on any atom is 0.142 e. The molecule has 0 atom stereocenters. The Labute approximate surface area is 305 Å². The minimum absolute atomic E-state index is 0.700. The zero-order chi connectivity index (χ0) is 34.2. The summed E-state index contributed by atoms with van der Waals surface area (Å²) in [5, 5.41) is 4.74. The van der Waals surface area contributed by atoms with Crippen molar-refractivity contribution in [1.82, 2.24) is 0 Å². The van der Waals surface area contributed by atoms with Crippen molar-refractivity contribution in [3.05, 3.63) is 210 Å². The summed E-state index contributed by atoms with van der Waals surface area (Å²) in [6.07, 6.45) is 0. The predicted molar refractivity (Wildman–Crippen MR) is 219 cm³/mol. The fourth-order valence-corrected chi connectivity index (χ4v) is 10.0. The van der Waals surface area contributed by atoms with E-state index in [1.165, 1.54) is 48.0 Å². The molecule has 2 aromatic heterocycles. The van der Waals surface area contributed by atoms with Crippen LogP contribution in [-0.4, -0.2) is 0 Å². The summed E-state index contributed by atoms with van der Waals surface area (Å²) in [6.45, 7) is 0. The van der Waals surface area contributed by atoms with Crippen LogP contribution in [0.5, 0.6) is 0 Å². The van der Waals surface area contributed by atoms with Gasteiger partial charge in [0.1, 0.15) is 11.2 Å². The lowest BCUT2D eigenvalue weighted by atomic mass is 9.66. The molecule has 0 bridgehead atoms. The Morgan fingerprint density at radius 1 is 0.442 bits per heavy atom. The first-order chi connectivity index (χ1) is 25.8. The van der Waals surface area contributed by atoms with Crippen molar-refractivity contribution in [2.24, 2.45) is 0 Å². The first kappa shape index (κ1) is 29.3. The SMILES string of the molecule is c1ccc(N(c2ccc3c(oc4ccccc43)c2C2(c3ccccc3)c3ccccc3-c3ccccc32)c2cccc3sc4ccccc4c23)cc1. The van der Waals surface area contributed by atoms with Crippen molar-refractivity contribution in [3.63, 3.8) is 0 Å². The molecule has 0 saturated heterocycles. The Kier molecular flexibility index (Phi) is 6.37. The molecule has 0 fully saturated rings. The summed E-state index contributed by atoms with van der Waals surface area (Å²) in [6, 6.07) is 68.4. The Bertz CT molecular complexity index is 2930. The lowest BCUT2D eigenvalue weighted by molar-refractivity contribution is 0.648. The molecule has 0 radical (unpaired) electrons. The molecule has 0 aliphatic heterocycles. The fourth-order valence-electron chi connectivity index (χ4n) is 8.90. The number of thiophene rings is 1. The van der Waals surface area contributed by atoms with Crippen molar-refractivity contribution >= 4 is 70.5 Å². The van der Waals surface area contributed by atoms with Crippen LogP contribution in [0.4, 0.5) is 17.1 Å². The lowest BCUT2D eigenvalue weighted by Gasteiger charge is -2.38. The number of rotatable bonds is 5. The van der Waals surface area contributed by atoms with Gasteiger partial charge in [-0.3, -0.25) is 0 Å². The largest absolute Gasteiger partial charge is 0.456 e. The first-order valence-corrected chi connectivity index (χ1v) is 18.6. The van der Waals surface area contributed by atoms with Crippen molar-refractivity contribution in [1.29, 1.82) is 0 Å². The van der Waals surface area contributed by atoms with Crippen LogP contribution in [0.15, 0.2) is 192 Å². The van der Waals surface area contributed by atoms with Gasteiger partial charge < -0.3 is 9.32 Å². The van der Waals surface area contributed by atoms with Crippen LogP contribution < -0.4 is 4.90 Å². The van der Waals surface area contributed by atoms with E-state index in [9.17, 15) is 0 Å². The monoisotopic (exact) mass is 681 g/mol. The molecule has 52 heavy (non-hydrogen) atoms. The van der Waals surface area contributed by atoms with Crippen LogP contribution in [-0.2, 0) is 5.41 Å².